The van der Waals surface area contributed by atoms with Gasteiger partial charge in [0.15, 0.2) is 24.1 Å². The molecule has 1 atom stereocenters. The van der Waals surface area contributed by atoms with Gasteiger partial charge in [0, 0.05) is 23.6 Å². The van der Waals surface area contributed by atoms with E-state index in [-0.39, 0.29) is 12.7 Å². The first-order valence-electron chi connectivity index (χ1n) is 10.6. The lowest BCUT2D eigenvalue weighted by Crippen LogP contribution is -2.18. The average molecular weight is 458 g/mol. The Morgan fingerprint density at radius 1 is 1.21 bits per heavy atom. The minimum absolute atomic E-state index is 0.157. The smallest absolute Gasteiger partial charge is 0.350 e. The number of aromatic nitrogens is 5. The van der Waals surface area contributed by atoms with E-state index in [2.05, 4.69) is 25.4 Å². The summed E-state index contributed by atoms with van der Waals surface area (Å²) in [5, 5.41) is 7.93. The van der Waals surface area contributed by atoms with Gasteiger partial charge >= 0.3 is 5.69 Å². The number of benzene rings is 2. The fraction of sp³-hybridized carbons (Fsp3) is 0.208. The largest absolute Gasteiger partial charge is 0.493 e. The molecule has 10 heteroatoms. The van der Waals surface area contributed by atoms with Crippen molar-refractivity contribution in [3.63, 3.8) is 0 Å². The van der Waals surface area contributed by atoms with Gasteiger partial charge in [0.1, 0.15) is 6.04 Å². The summed E-state index contributed by atoms with van der Waals surface area (Å²) in [6.07, 6.45) is 3.75. The fourth-order valence-electron chi connectivity index (χ4n) is 3.76. The summed E-state index contributed by atoms with van der Waals surface area (Å²) < 4.78 is 17.9. The molecule has 172 valence electrons. The highest BCUT2D eigenvalue weighted by molar-refractivity contribution is 5.55. The molecule has 0 bridgehead atoms. The van der Waals surface area contributed by atoms with Crippen molar-refractivity contribution in [3.05, 3.63) is 94.8 Å². The van der Waals surface area contributed by atoms with Gasteiger partial charge in [-0.1, -0.05) is 12.1 Å². The molecule has 0 saturated heterocycles. The Balaban J connectivity index is 1.62. The zero-order valence-electron chi connectivity index (χ0n) is 18.4. The first-order valence-corrected chi connectivity index (χ1v) is 10.6. The number of hydrogen-bond acceptors (Lipinski definition) is 8. The first-order chi connectivity index (χ1) is 16.6. The van der Waals surface area contributed by atoms with E-state index in [1.165, 1.54) is 0 Å². The van der Waals surface area contributed by atoms with E-state index in [9.17, 15) is 4.79 Å². The highest BCUT2D eigenvalue weighted by Gasteiger charge is 2.25. The molecular formula is C24H22N6O4. The molecule has 1 aliphatic heterocycles. The number of methoxy groups -OCH3 is 1. The number of ether oxygens (including phenoxy) is 3. The van der Waals surface area contributed by atoms with E-state index in [4.69, 9.17) is 21.1 Å². The number of nitrogens with one attached hydrogen (secondary N) is 2. The van der Waals surface area contributed by atoms with Crippen molar-refractivity contribution in [2.45, 2.75) is 12.5 Å². The Kier molecular flexibility index (Phi) is 5.96. The maximum atomic E-state index is 12.7. The second kappa shape index (κ2) is 9.36. The normalized spacial score (nSPS) is 13.9. The summed E-state index contributed by atoms with van der Waals surface area (Å²) >= 11 is 0. The highest BCUT2D eigenvalue weighted by Crippen LogP contribution is 2.38. The minimum Gasteiger partial charge on any atom is -0.493 e. The molecule has 0 unspecified atom stereocenters. The monoisotopic (exact) mass is 458 g/mol. The molecule has 2 aromatic heterocycles. The Morgan fingerprint density at radius 3 is 2.76 bits per heavy atom. The third-order valence-electron chi connectivity index (χ3n) is 5.38. The average Bonchev–Trinajstić information content (AvgIpc) is 3.08. The minimum atomic E-state index is -0.537. The number of aromatic amines is 1. The lowest BCUT2D eigenvalue weighted by Gasteiger charge is -2.21. The topological polar surface area (TPSA) is 116 Å². The number of H-pyrrole nitrogens is 1. The maximum absolute atomic E-state index is 12.7. The van der Waals surface area contributed by atoms with Crippen molar-refractivity contribution in [1.29, 1.82) is 0 Å². The summed E-state index contributed by atoms with van der Waals surface area (Å²) in [5.74, 6) is 1.76. The zero-order valence-corrected chi connectivity index (χ0v) is 18.4. The summed E-state index contributed by atoms with van der Waals surface area (Å²) in [7, 11) is 1.58. The highest BCUT2D eigenvalue weighted by atomic mass is 16.7. The number of hydrogen-bond donors (Lipinski definition) is 2. The van der Waals surface area contributed by atoms with Crippen molar-refractivity contribution >= 4 is 5.69 Å². The third-order valence-corrected chi connectivity index (χ3v) is 5.38. The number of rotatable bonds is 6. The number of nitrogens with zero attached hydrogens (tertiary/aromatic N) is 4. The van der Waals surface area contributed by atoms with Gasteiger partial charge < -0.3 is 19.5 Å². The Hall–Kier alpha value is -4.18. The van der Waals surface area contributed by atoms with Crippen LogP contribution >= 0.6 is 0 Å². The molecule has 0 fully saturated rings. The van der Waals surface area contributed by atoms with Gasteiger partial charge in [-0.25, -0.2) is 14.8 Å². The van der Waals surface area contributed by atoms with Crippen LogP contribution in [0.5, 0.6) is 11.5 Å². The summed E-state index contributed by atoms with van der Waals surface area (Å²) in [4.78, 5) is 23.8. The van der Waals surface area contributed by atoms with E-state index in [0.29, 0.717) is 35.9 Å². The molecule has 0 spiro atoms. The van der Waals surface area contributed by atoms with Crippen LogP contribution in [0.4, 0.5) is 5.69 Å². The van der Waals surface area contributed by atoms with Crippen LogP contribution in [0.25, 0.3) is 5.95 Å². The van der Waals surface area contributed by atoms with Gasteiger partial charge in [-0.05, 0) is 54.8 Å². The van der Waals surface area contributed by atoms with Gasteiger partial charge in [0.05, 0.1) is 13.7 Å². The van der Waals surface area contributed by atoms with Crippen molar-refractivity contribution in [2.24, 2.45) is 0 Å². The fourth-order valence-corrected chi connectivity index (χ4v) is 3.76. The number of anilines is 1. The van der Waals surface area contributed by atoms with Gasteiger partial charge in [0.25, 0.3) is 5.95 Å². The summed E-state index contributed by atoms with van der Waals surface area (Å²) in [6, 6.07) is 12.3. The van der Waals surface area contributed by atoms with Gasteiger partial charge in [-0.15, -0.1) is 9.78 Å². The molecule has 0 amide bonds. The van der Waals surface area contributed by atoms with Crippen LogP contribution in [0.3, 0.4) is 0 Å². The predicted molar refractivity (Wildman–Crippen MR) is 123 cm³/mol. The second-order valence-electron chi connectivity index (χ2n) is 7.61. The van der Waals surface area contributed by atoms with Crippen LogP contribution in [-0.2, 0) is 11.2 Å². The second-order valence-corrected chi connectivity index (χ2v) is 7.61. The molecule has 2 aromatic carbocycles. The molecule has 2 N–H and O–H groups in total. The molecule has 2 radical (unpaired) electrons. The van der Waals surface area contributed by atoms with Crippen LogP contribution in [0.1, 0.15) is 28.6 Å². The summed E-state index contributed by atoms with van der Waals surface area (Å²) in [6.45, 7) is 6.53. The SMILES string of the molecule is [CH]c1ccc(N[C@@H](c2cc3c(c(OC)c2)OCOCC3)c2nn(-c3ncccn3)c(=O)[nH]2)cc1. The first kappa shape index (κ1) is 21.7. The maximum Gasteiger partial charge on any atom is 0.350 e. The van der Waals surface area contributed by atoms with Gasteiger partial charge in [0.2, 0.25) is 0 Å². The Morgan fingerprint density at radius 2 is 2.00 bits per heavy atom. The zero-order chi connectivity index (χ0) is 23.5. The van der Waals surface area contributed by atoms with Crippen LogP contribution < -0.4 is 20.5 Å². The summed E-state index contributed by atoms with van der Waals surface area (Å²) in [5.41, 5.74) is 2.73. The molecule has 5 rings (SSSR count). The van der Waals surface area contributed by atoms with Crippen molar-refractivity contribution in [1.82, 2.24) is 24.7 Å². The van der Waals surface area contributed by atoms with Gasteiger partial charge in [-0.2, -0.15) is 0 Å². The van der Waals surface area contributed by atoms with E-state index < -0.39 is 11.7 Å². The third kappa shape index (κ3) is 4.35. The standard InChI is InChI=1S/C24H22N6O4/c1-15-4-6-18(7-5-15)27-20(22-28-24(31)30(29-22)23-25-9-3-10-26-23)17-12-16-8-11-33-14-34-21(16)19(13-17)32-2/h1,3-7,9-10,12-13,20,27H,8,11,14H2,2H3,(H,28,29,31)/t20-/m0/s1. The molecule has 34 heavy (non-hydrogen) atoms. The quantitative estimate of drug-likeness (QED) is 0.453. The van der Waals surface area contributed by atoms with E-state index >= 15 is 0 Å². The van der Waals surface area contributed by atoms with Crippen LogP contribution in [-0.4, -0.2) is 45.2 Å². The lowest BCUT2D eigenvalue weighted by atomic mass is 9.99. The van der Waals surface area contributed by atoms with Crippen molar-refractivity contribution in [3.8, 4) is 17.4 Å². The molecule has 0 aliphatic carbocycles. The lowest BCUT2D eigenvalue weighted by molar-refractivity contribution is 0.0250. The number of fused-ring (bicyclic) bond motifs is 1. The molecule has 10 nitrogen and oxygen atoms in total. The van der Waals surface area contributed by atoms with Crippen LogP contribution in [0.2, 0.25) is 0 Å². The Labute approximate surface area is 195 Å². The molecular weight excluding hydrogens is 436 g/mol. The Bertz CT molecular complexity index is 1330. The predicted octanol–water partition coefficient (Wildman–Crippen LogP) is 2.53. The van der Waals surface area contributed by atoms with Gasteiger partial charge in [-0.3, -0.25) is 4.98 Å². The van der Waals surface area contributed by atoms with Crippen LogP contribution in [0, 0.1) is 6.92 Å². The van der Waals surface area contributed by atoms with E-state index in [1.807, 2.05) is 24.3 Å². The van der Waals surface area contributed by atoms with Crippen molar-refractivity contribution in [2.75, 3.05) is 25.8 Å². The van der Waals surface area contributed by atoms with Crippen molar-refractivity contribution < 1.29 is 14.2 Å². The van der Waals surface area contributed by atoms with E-state index in [0.717, 1.165) is 21.5 Å². The molecule has 0 saturated carbocycles. The van der Waals surface area contributed by atoms with E-state index in [1.54, 1.807) is 37.7 Å². The molecule has 3 heterocycles. The molecule has 1 aliphatic rings. The molecule has 4 aromatic rings. The van der Waals surface area contributed by atoms with Crippen LogP contribution in [0.15, 0.2) is 59.7 Å².